The Bertz CT molecular complexity index is 408. The van der Waals surface area contributed by atoms with E-state index in [1.807, 2.05) is 4.57 Å². The van der Waals surface area contributed by atoms with Gasteiger partial charge in [0.15, 0.2) is 5.69 Å². The Morgan fingerprint density at radius 1 is 1.53 bits per heavy atom. The maximum absolute atomic E-state index is 11.4. The topological polar surface area (TPSA) is 73.4 Å². The van der Waals surface area contributed by atoms with E-state index in [0.29, 0.717) is 11.9 Å². The van der Waals surface area contributed by atoms with Crippen molar-refractivity contribution in [3.05, 3.63) is 12.0 Å². The number of hydrogen-bond donors (Lipinski definition) is 1. The number of carbonyl (C=O) groups is 1. The van der Waals surface area contributed by atoms with E-state index < -0.39 is 5.97 Å². The first-order valence-electron chi connectivity index (χ1n) is 5.72. The third-order valence-electron chi connectivity index (χ3n) is 3.29. The molecule has 0 aromatic carbocycles. The lowest BCUT2D eigenvalue weighted by Crippen LogP contribution is -2.31. The Morgan fingerprint density at radius 3 is 2.76 bits per heavy atom. The van der Waals surface area contributed by atoms with Gasteiger partial charge in [-0.2, -0.15) is 0 Å². The number of rotatable bonds is 2. The molecular formula is C11H18N4O2. The van der Waals surface area contributed by atoms with Gasteiger partial charge >= 0.3 is 5.97 Å². The molecule has 0 atom stereocenters. The van der Waals surface area contributed by atoms with Crippen LogP contribution >= 0.6 is 0 Å². The van der Waals surface area contributed by atoms with Gasteiger partial charge in [-0.25, -0.2) is 9.78 Å². The Kier molecular flexibility index (Phi) is 3.33. The number of aromatic nitrogens is 2. The molecule has 0 radical (unpaired) electrons. The molecule has 1 aromatic heterocycles. The lowest BCUT2D eigenvalue weighted by Gasteiger charge is -2.30. The molecule has 0 unspecified atom stereocenters. The van der Waals surface area contributed by atoms with Gasteiger partial charge in [0.1, 0.15) is 5.82 Å². The highest BCUT2D eigenvalue weighted by Crippen LogP contribution is 2.25. The fourth-order valence-electron chi connectivity index (χ4n) is 2.19. The fraction of sp³-hybridized carbons (Fsp3) is 0.636. The van der Waals surface area contributed by atoms with E-state index in [4.69, 9.17) is 5.73 Å². The zero-order valence-corrected chi connectivity index (χ0v) is 10.2. The van der Waals surface area contributed by atoms with Crippen molar-refractivity contribution in [3.63, 3.8) is 0 Å². The summed E-state index contributed by atoms with van der Waals surface area (Å²) in [5.41, 5.74) is 6.15. The molecule has 6 nitrogen and oxygen atoms in total. The molecular weight excluding hydrogens is 220 g/mol. The number of imidazole rings is 1. The molecule has 2 heterocycles. The average molecular weight is 238 g/mol. The van der Waals surface area contributed by atoms with Crippen LogP contribution in [-0.4, -0.2) is 47.7 Å². The van der Waals surface area contributed by atoms with Crippen molar-refractivity contribution in [2.75, 3.05) is 33.0 Å². The van der Waals surface area contributed by atoms with Gasteiger partial charge in [-0.1, -0.05) is 0 Å². The predicted molar refractivity (Wildman–Crippen MR) is 63.7 cm³/mol. The van der Waals surface area contributed by atoms with Crippen molar-refractivity contribution in [2.45, 2.75) is 18.9 Å². The first-order chi connectivity index (χ1) is 8.13. The van der Waals surface area contributed by atoms with Crippen LogP contribution in [0.2, 0.25) is 0 Å². The van der Waals surface area contributed by atoms with Crippen molar-refractivity contribution in [1.82, 2.24) is 14.5 Å². The van der Waals surface area contributed by atoms with Crippen LogP contribution in [-0.2, 0) is 4.74 Å². The second-order valence-corrected chi connectivity index (χ2v) is 4.41. The van der Waals surface area contributed by atoms with E-state index in [0.717, 1.165) is 25.9 Å². The number of anilines is 1. The van der Waals surface area contributed by atoms with Gasteiger partial charge in [0.2, 0.25) is 0 Å². The largest absolute Gasteiger partial charge is 0.464 e. The van der Waals surface area contributed by atoms with Crippen LogP contribution in [0, 0.1) is 0 Å². The number of methoxy groups -OCH3 is 1. The molecule has 0 amide bonds. The molecule has 1 saturated heterocycles. The Balaban J connectivity index is 2.17. The van der Waals surface area contributed by atoms with Gasteiger partial charge in [0.25, 0.3) is 0 Å². The summed E-state index contributed by atoms with van der Waals surface area (Å²) < 4.78 is 6.52. The highest BCUT2D eigenvalue weighted by molar-refractivity contribution is 5.92. The maximum atomic E-state index is 11.4. The Morgan fingerprint density at radius 2 is 2.18 bits per heavy atom. The van der Waals surface area contributed by atoms with E-state index in [2.05, 4.69) is 21.7 Å². The van der Waals surface area contributed by atoms with E-state index in [9.17, 15) is 4.79 Å². The molecule has 0 bridgehead atoms. The smallest absolute Gasteiger partial charge is 0.360 e. The molecule has 94 valence electrons. The first kappa shape index (κ1) is 11.9. The number of nitrogen functional groups attached to an aromatic ring is 1. The summed E-state index contributed by atoms with van der Waals surface area (Å²) in [6.45, 7) is 2.08. The van der Waals surface area contributed by atoms with Gasteiger partial charge in [0, 0.05) is 6.04 Å². The molecule has 0 spiro atoms. The molecule has 2 N–H and O–H groups in total. The number of carbonyl (C=O) groups excluding carboxylic acids is 1. The molecule has 2 rings (SSSR count). The monoisotopic (exact) mass is 238 g/mol. The third kappa shape index (κ3) is 2.26. The first-order valence-corrected chi connectivity index (χ1v) is 5.72. The molecule has 1 fully saturated rings. The van der Waals surface area contributed by atoms with Crippen LogP contribution in [0.4, 0.5) is 5.82 Å². The summed E-state index contributed by atoms with van der Waals surface area (Å²) in [5, 5.41) is 0. The van der Waals surface area contributed by atoms with Gasteiger partial charge in [-0.3, -0.25) is 0 Å². The summed E-state index contributed by atoms with van der Waals surface area (Å²) in [6, 6.07) is 0.331. The molecule has 1 aliphatic heterocycles. The normalized spacial score (nSPS) is 18.2. The van der Waals surface area contributed by atoms with Crippen LogP contribution in [0.25, 0.3) is 0 Å². The van der Waals surface area contributed by atoms with Crippen LogP contribution in [0.1, 0.15) is 29.4 Å². The van der Waals surface area contributed by atoms with Gasteiger partial charge in [0.05, 0.1) is 13.4 Å². The second-order valence-electron chi connectivity index (χ2n) is 4.41. The van der Waals surface area contributed by atoms with E-state index in [-0.39, 0.29) is 5.69 Å². The van der Waals surface area contributed by atoms with Crippen LogP contribution in [0.3, 0.4) is 0 Å². The zero-order chi connectivity index (χ0) is 12.4. The number of esters is 1. The van der Waals surface area contributed by atoms with Crippen LogP contribution < -0.4 is 5.73 Å². The second kappa shape index (κ2) is 4.75. The SMILES string of the molecule is COC(=O)c1ncn(C2CCN(C)CC2)c1N. The highest BCUT2D eigenvalue weighted by Gasteiger charge is 2.23. The standard InChI is InChI=1S/C11H18N4O2/c1-14-5-3-8(4-6-14)15-7-13-9(10(15)12)11(16)17-2/h7-8H,3-6,12H2,1-2H3. The fourth-order valence-corrected chi connectivity index (χ4v) is 2.19. The summed E-state index contributed by atoms with van der Waals surface area (Å²) in [4.78, 5) is 17.7. The molecule has 6 heteroatoms. The number of nitrogens with two attached hydrogens (primary N) is 1. The summed E-state index contributed by atoms with van der Waals surface area (Å²) in [5.74, 6) is -0.0689. The average Bonchev–Trinajstić information content (AvgIpc) is 2.71. The summed E-state index contributed by atoms with van der Waals surface area (Å²) >= 11 is 0. The highest BCUT2D eigenvalue weighted by atomic mass is 16.5. The van der Waals surface area contributed by atoms with E-state index in [1.165, 1.54) is 7.11 Å². The molecule has 0 aliphatic carbocycles. The predicted octanol–water partition coefficient (Wildman–Crippen LogP) is 0.519. The van der Waals surface area contributed by atoms with Gasteiger partial charge in [-0.15, -0.1) is 0 Å². The number of hydrogen-bond acceptors (Lipinski definition) is 5. The number of ether oxygens (including phenoxy) is 1. The Labute approximate surface area is 100 Å². The van der Waals surface area contributed by atoms with Crippen molar-refractivity contribution in [3.8, 4) is 0 Å². The van der Waals surface area contributed by atoms with Gasteiger partial charge < -0.3 is 19.9 Å². The van der Waals surface area contributed by atoms with E-state index in [1.54, 1.807) is 6.33 Å². The van der Waals surface area contributed by atoms with Crippen LogP contribution in [0.15, 0.2) is 6.33 Å². The zero-order valence-electron chi connectivity index (χ0n) is 10.2. The molecule has 0 saturated carbocycles. The summed E-state index contributed by atoms with van der Waals surface area (Å²) in [7, 11) is 3.43. The minimum absolute atomic E-state index is 0.214. The number of piperidine rings is 1. The minimum Gasteiger partial charge on any atom is -0.464 e. The number of likely N-dealkylation sites (tertiary alicyclic amines) is 1. The number of nitrogens with zero attached hydrogens (tertiary/aromatic N) is 3. The van der Waals surface area contributed by atoms with Crippen molar-refractivity contribution in [2.24, 2.45) is 0 Å². The quantitative estimate of drug-likeness (QED) is 0.760. The van der Waals surface area contributed by atoms with Gasteiger partial charge in [-0.05, 0) is 33.0 Å². The maximum Gasteiger partial charge on any atom is 0.360 e. The van der Waals surface area contributed by atoms with Crippen LogP contribution in [0.5, 0.6) is 0 Å². The summed E-state index contributed by atoms with van der Waals surface area (Å²) in [6.07, 6.45) is 3.69. The minimum atomic E-state index is -0.478. The lowest BCUT2D eigenvalue weighted by atomic mass is 10.1. The lowest BCUT2D eigenvalue weighted by molar-refractivity contribution is 0.0596. The molecule has 1 aromatic rings. The van der Waals surface area contributed by atoms with Crippen molar-refractivity contribution < 1.29 is 9.53 Å². The Hall–Kier alpha value is -1.56. The third-order valence-corrected chi connectivity index (χ3v) is 3.29. The van der Waals surface area contributed by atoms with Crippen molar-refractivity contribution in [1.29, 1.82) is 0 Å². The molecule has 1 aliphatic rings. The van der Waals surface area contributed by atoms with Crippen molar-refractivity contribution >= 4 is 11.8 Å². The van der Waals surface area contributed by atoms with E-state index >= 15 is 0 Å². The molecule has 17 heavy (non-hydrogen) atoms.